The number of halogens is 1. The molecule has 0 spiro atoms. The molecular weight excluding hydrogens is 372 g/mol. The molecule has 1 aromatic carbocycles. The average molecular weight is 397 g/mol. The summed E-state index contributed by atoms with van der Waals surface area (Å²) in [5, 5.41) is 0.562. The van der Waals surface area contributed by atoms with E-state index in [1.54, 1.807) is 32.3 Å². The molecule has 1 heterocycles. The Labute approximate surface area is 164 Å². The molecule has 1 fully saturated rings. The van der Waals surface area contributed by atoms with E-state index in [0.717, 1.165) is 5.56 Å². The summed E-state index contributed by atoms with van der Waals surface area (Å²) in [6.07, 6.45) is 0. The Bertz CT molecular complexity index is 725. The summed E-state index contributed by atoms with van der Waals surface area (Å²) in [5.74, 6) is -0.479. The summed E-state index contributed by atoms with van der Waals surface area (Å²) in [6.45, 7) is 2.43. The van der Waals surface area contributed by atoms with Crippen LogP contribution >= 0.6 is 11.6 Å². The number of nitrogens with zero attached hydrogens (tertiary/aromatic N) is 4. The summed E-state index contributed by atoms with van der Waals surface area (Å²) in [5.41, 5.74) is 1.47. The predicted molar refractivity (Wildman–Crippen MR) is 103 cm³/mol. The number of benzene rings is 1. The highest BCUT2D eigenvalue weighted by Crippen LogP contribution is 2.28. The highest BCUT2D eigenvalue weighted by atomic mass is 35.5. The number of hydrogen-bond acceptors (Lipinski definition) is 4. The molecule has 0 unspecified atom stereocenters. The second-order valence-electron chi connectivity index (χ2n) is 6.53. The van der Waals surface area contributed by atoms with E-state index in [-0.39, 0.29) is 44.1 Å². The lowest BCUT2D eigenvalue weighted by molar-refractivity contribution is -0.132. The van der Waals surface area contributed by atoms with Crippen LogP contribution in [0.4, 0.5) is 10.5 Å². The van der Waals surface area contributed by atoms with Gasteiger partial charge in [0, 0.05) is 38.5 Å². The van der Waals surface area contributed by atoms with Crippen molar-refractivity contribution in [1.29, 1.82) is 0 Å². The van der Waals surface area contributed by atoms with Crippen molar-refractivity contribution in [3.05, 3.63) is 28.8 Å². The molecule has 0 atom stereocenters. The molecular formula is C18H25ClN4O4. The lowest BCUT2D eigenvalue weighted by Gasteiger charge is -2.27. The quantitative estimate of drug-likeness (QED) is 0.728. The third-order valence-corrected chi connectivity index (χ3v) is 4.78. The molecule has 0 N–H and O–H groups in total. The molecule has 8 nitrogen and oxygen atoms in total. The lowest BCUT2D eigenvalue weighted by Crippen LogP contribution is -2.47. The summed E-state index contributed by atoms with van der Waals surface area (Å²) in [4.78, 5) is 43.2. The molecule has 0 saturated carbocycles. The molecule has 1 aliphatic heterocycles. The Morgan fingerprint density at radius 3 is 2.63 bits per heavy atom. The van der Waals surface area contributed by atoms with Crippen LogP contribution in [0.5, 0.6) is 0 Å². The van der Waals surface area contributed by atoms with Gasteiger partial charge in [-0.1, -0.05) is 17.7 Å². The average Bonchev–Trinajstić information content (AvgIpc) is 3.01. The van der Waals surface area contributed by atoms with Gasteiger partial charge in [-0.25, -0.2) is 4.79 Å². The van der Waals surface area contributed by atoms with Gasteiger partial charge in [-0.05, 0) is 24.6 Å². The number of urea groups is 1. The van der Waals surface area contributed by atoms with Crippen LogP contribution in [0.3, 0.4) is 0 Å². The second kappa shape index (κ2) is 9.05. The van der Waals surface area contributed by atoms with Crippen molar-refractivity contribution in [3.8, 4) is 0 Å². The van der Waals surface area contributed by atoms with Crippen molar-refractivity contribution in [2.24, 2.45) is 0 Å². The first kappa shape index (κ1) is 21.0. The Morgan fingerprint density at radius 2 is 2.00 bits per heavy atom. The molecule has 27 heavy (non-hydrogen) atoms. The maximum Gasteiger partial charge on any atom is 0.320 e. The molecule has 1 saturated heterocycles. The van der Waals surface area contributed by atoms with Crippen LogP contribution in [0.25, 0.3) is 0 Å². The Balaban J connectivity index is 2.09. The highest BCUT2D eigenvalue weighted by molar-refractivity contribution is 6.31. The van der Waals surface area contributed by atoms with E-state index < -0.39 is 0 Å². The third kappa shape index (κ3) is 4.90. The smallest absolute Gasteiger partial charge is 0.320 e. The second-order valence-corrected chi connectivity index (χ2v) is 6.94. The molecule has 2 rings (SSSR count). The molecule has 0 radical (unpaired) electrons. The maximum absolute atomic E-state index is 12.7. The fourth-order valence-corrected chi connectivity index (χ4v) is 2.97. The minimum atomic E-state index is -0.295. The van der Waals surface area contributed by atoms with E-state index in [0.29, 0.717) is 17.3 Å². The van der Waals surface area contributed by atoms with Gasteiger partial charge in [-0.2, -0.15) is 0 Å². The van der Waals surface area contributed by atoms with Crippen molar-refractivity contribution >= 4 is 35.1 Å². The SMILES string of the molecule is COCCN(CC(=O)N1CC(=O)N(c2cccc(Cl)c2C)C1)C(=O)N(C)C. The zero-order valence-corrected chi connectivity index (χ0v) is 16.8. The number of amides is 4. The topological polar surface area (TPSA) is 73.4 Å². The molecule has 0 bridgehead atoms. The van der Waals surface area contributed by atoms with Gasteiger partial charge >= 0.3 is 6.03 Å². The third-order valence-electron chi connectivity index (χ3n) is 4.37. The summed E-state index contributed by atoms with van der Waals surface area (Å²) < 4.78 is 5.01. The van der Waals surface area contributed by atoms with Crippen LogP contribution in [0.15, 0.2) is 18.2 Å². The zero-order chi connectivity index (χ0) is 20.1. The first-order valence-corrected chi connectivity index (χ1v) is 8.92. The van der Waals surface area contributed by atoms with Crippen molar-refractivity contribution in [1.82, 2.24) is 14.7 Å². The molecule has 9 heteroatoms. The van der Waals surface area contributed by atoms with Crippen LogP contribution in [0.1, 0.15) is 5.56 Å². The lowest BCUT2D eigenvalue weighted by atomic mass is 10.2. The molecule has 0 aliphatic carbocycles. The number of carbonyl (C=O) groups excluding carboxylic acids is 3. The van der Waals surface area contributed by atoms with Gasteiger partial charge in [0.15, 0.2) is 0 Å². The van der Waals surface area contributed by atoms with Gasteiger partial charge in [-0.3, -0.25) is 14.5 Å². The van der Waals surface area contributed by atoms with E-state index in [4.69, 9.17) is 16.3 Å². The van der Waals surface area contributed by atoms with Crippen molar-refractivity contribution in [3.63, 3.8) is 0 Å². The van der Waals surface area contributed by atoms with Crippen LogP contribution in [-0.4, -0.2) is 86.7 Å². The van der Waals surface area contributed by atoms with E-state index in [1.807, 2.05) is 6.92 Å². The van der Waals surface area contributed by atoms with E-state index >= 15 is 0 Å². The Hall–Kier alpha value is -2.32. The monoisotopic (exact) mass is 396 g/mol. The van der Waals surface area contributed by atoms with Crippen LogP contribution < -0.4 is 4.90 Å². The number of carbonyl (C=O) groups is 3. The largest absolute Gasteiger partial charge is 0.383 e. The van der Waals surface area contributed by atoms with Crippen LogP contribution in [0.2, 0.25) is 5.02 Å². The Morgan fingerprint density at radius 1 is 1.30 bits per heavy atom. The fraction of sp³-hybridized carbons (Fsp3) is 0.500. The molecule has 1 aliphatic rings. The minimum Gasteiger partial charge on any atom is -0.383 e. The van der Waals surface area contributed by atoms with Gasteiger partial charge in [0.2, 0.25) is 11.8 Å². The normalized spacial score (nSPS) is 13.9. The fourth-order valence-electron chi connectivity index (χ4n) is 2.80. The van der Waals surface area contributed by atoms with Crippen molar-refractivity contribution in [2.45, 2.75) is 6.92 Å². The standard InChI is InChI=1S/C18H25ClN4O4/c1-13-14(19)6-5-7-15(13)23-12-22(11-17(23)25)16(24)10-21(8-9-27-4)18(26)20(2)3/h5-7H,8-12H2,1-4H3. The minimum absolute atomic E-state index is 0.0287. The molecule has 0 aromatic heterocycles. The van der Waals surface area contributed by atoms with E-state index in [1.165, 1.54) is 26.7 Å². The van der Waals surface area contributed by atoms with E-state index in [9.17, 15) is 14.4 Å². The number of anilines is 1. The summed E-state index contributed by atoms with van der Waals surface area (Å²) in [7, 11) is 4.77. The summed E-state index contributed by atoms with van der Waals surface area (Å²) in [6, 6.07) is 5.04. The highest BCUT2D eigenvalue weighted by Gasteiger charge is 2.33. The zero-order valence-electron chi connectivity index (χ0n) is 16.1. The first-order valence-electron chi connectivity index (χ1n) is 8.54. The summed E-state index contributed by atoms with van der Waals surface area (Å²) >= 11 is 6.14. The van der Waals surface area contributed by atoms with Gasteiger partial charge in [-0.15, -0.1) is 0 Å². The van der Waals surface area contributed by atoms with Gasteiger partial charge in [0.1, 0.15) is 19.8 Å². The molecule has 1 aromatic rings. The number of methoxy groups -OCH3 is 1. The number of ether oxygens (including phenoxy) is 1. The van der Waals surface area contributed by atoms with Crippen LogP contribution in [0, 0.1) is 6.92 Å². The Kier molecular flexibility index (Phi) is 7.04. The molecule has 4 amide bonds. The number of hydrogen-bond donors (Lipinski definition) is 0. The first-order chi connectivity index (χ1) is 12.8. The molecule has 148 valence electrons. The maximum atomic E-state index is 12.7. The van der Waals surface area contributed by atoms with Crippen molar-refractivity contribution < 1.29 is 19.1 Å². The van der Waals surface area contributed by atoms with Gasteiger partial charge < -0.3 is 19.4 Å². The van der Waals surface area contributed by atoms with Gasteiger partial charge in [0.05, 0.1) is 6.61 Å². The van der Waals surface area contributed by atoms with E-state index in [2.05, 4.69) is 0 Å². The number of rotatable bonds is 6. The van der Waals surface area contributed by atoms with Gasteiger partial charge in [0.25, 0.3) is 0 Å². The van der Waals surface area contributed by atoms with Crippen molar-refractivity contribution in [2.75, 3.05) is 59.0 Å². The van der Waals surface area contributed by atoms with Crippen LogP contribution in [-0.2, 0) is 14.3 Å². The predicted octanol–water partition coefficient (Wildman–Crippen LogP) is 1.41.